The van der Waals surface area contributed by atoms with Gasteiger partial charge in [0.05, 0.1) is 12.6 Å². The summed E-state index contributed by atoms with van der Waals surface area (Å²) in [6, 6.07) is 14.8. The van der Waals surface area contributed by atoms with Gasteiger partial charge in [0.15, 0.2) is 0 Å². The number of aryl methyl sites for hydroxylation is 1. The molecule has 4 rings (SSSR count). The Labute approximate surface area is 155 Å². The van der Waals surface area contributed by atoms with Crippen LogP contribution in [0.2, 0.25) is 5.02 Å². The summed E-state index contributed by atoms with van der Waals surface area (Å²) in [4.78, 5) is 13.0. The minimum absolute atomic E-state index is 0.111. The number of nitrogens with zero attached hydrogens (tertiary/aromatic N) is 1. The minimum atomic E-state index is -0.213. The van der Waals surface area contributed by atoms with Crippen LogP contribution in [0.15, 0.2) is 53.1 Å². The van der Waals surface area contributed by atoms with E-state index in [9.17, 15) is 4.79 Å². The number of rotatable bonds is 3. The van der Waals surface area contributed by atoms with Gasteiger partial charge in [-0.15, -0.1) is 0 Å². The Morgan fingerprint density at radius 1 is 1.19 bits per heavy atom. The predicted molar refractivity (Wildman–Crippen MR) is 98.4 cm³/mol. The third-order valence-corrected chi connectivity index (χ3v) is 4.72. The molecule has 0 fully saturated rings. The summed E-state index contributed by atoms with van der Waals surface area (Å²) < 4.78 is 11.0. The molecule has 132 valence electrons. The van der Waals surface area contributed by atoms with E-state index < -0.39 is 0 Å². The lowest BCUT2D eigenvalue weighted by Crippen LogP contribution is -2.32. The van der Waals surface area contributed by atoms with Crippen molar-refractivity contribution < 1.29 is 14.1 Å². The van der Waals surface area contributed by atoms with Crippen LogP contribution in [0.1, 0.15) is 34.1 Å². The fourth-order valence-corrected chi connectivity index (χ4v) is 3.29. The van der Waals surface area contributed by atoms with Gasteiger partial charge in [-0.2, -0.15) is 0 Å². The number of fused-ring (bicyclic) bond motifs is 1. The molecule has 1 aliphatic rings. The maximum atomic E-state index is 13.0. The smallest absolute Gasteiger partial charge is 0.257 e. The number of carbonyl (C=O) groups is 1. The van der Waals surface area contributed by atoms with Crippen LogP contribution in [0, 0.1) is 6.92 Å². The molecule has 0 saturated heterocycles. The monoisotopic (exact) mass is 368 g/mol. The number of para-hydroxylation sites is 1. The summed E-state index contributed by atoms with van der Waals surface area (Å²) in [5.74, 6) is 1.08. The highest BCUT2D eigenvalue weighted by Crippen LogP contribution is 2.33. The molecular weight excluding hydrogens is 352 g/mol. The van der Waals surface area contributed by atoms with Gasteiger partial charge in [-0.1, -0.05) is 47.1 Å². The van der Waals surface area contributed by atoms with E-state index in [4.69, 9.17) is 20.9 Å². The van der Waals surface area contributed by atoms with Crippen LogP contribution >= 0.6 is 11.6 Å². The van der Waals surface area contributed by atoms with Crippen LogP contribution in [0.5, 0.6) is 5.75 Å². The van der Waals surface area contributed by atoms with Crippen molar-refractivity contribution in [2.45, 2.75) is 19.4 Å². The van der Waals surface area contributed by atoms with Gasteiger partial charge in [0.2, 0.25) is 0 Å². The lowest BCUT2D eigenvalue weighted by molar-refractivity contribution is 0.0924. The van der Waals surface area contributed by atoms with E-state index in [-0.39, 0.29) is 11.9 Å². The lowest BCUT2D eigenvalue weighted by Gasteiger charge is -2.26. The molecule has 6 heteroatoms. The number of halogens is 1. The first-order chi connectivity index (χ1) is 12.6. The second kappa shape index (κ2) is 6.84. The van der Waals surface area contributed by atoms with Crippen molar-refractivity contribution in [3.05, 3.63) is 70.4 Å². The molecule has 1 N–H and O–H groups in total. The summed E-state index contributed by atoms with van der Waals surface area (Å²) in [6.45, 7) is 2.30. The van der Waals surface area contributed by atoms with E-state index in [1.165, 1.54) is 0 Å². The topological polar surface area (TPSA) is 64.4 Å². The van der Waals surface area contributed by atoms with Gasteiger partial charge in [-0.3, -0.25) is 4.79 Å². The third kappa shape index (κ3) is 3.06. The average Bonchev–Trinajstić information content (AvgIpc) is 3.04. The van der Waals surface area contributed by atoms with Crippen LogP contribution in [-0.4, -0.2) is 17.7 Å². The van der Waals surface area contributed by atoms with Gasteiger partial charge in [0.25, 0.3) is 5.91 Å². The molecular formula is C20H17ClN2O3. The van der Waals surface area contributed by atoms with E-state index in [0.29, 0.717) is 35.1 Å². The molecule has 1 amide bonds. The van der Waals surface area contributed by atoms with Gasteiger partial charge in [0, 0.05) is 22.6 Å². The summed E-state index contributed by atoms with van der Waals surface area (Å²) in [5, 5.41) is 7.79. The molecule has 1 unspecified atom stereocenters. The quantitative estimate of drug-likeness (QED) is 0.736. The molecule has 0 aliphatic carbocycles. The third-order valence-electron chi connectivity index (χ3n) is 4.47. The molecule has 1 aliphatic heterocycles. The van der Waals surface area contributed by atoms with Crippen LogP contribution in [-0.2, 0) is 0 Å². The number of amides is 1. The zero-order valence-corrected chi connectivity index (χ0v) is 14.9. The molecule has 0 radical (unpaired) electrons. The van der Waals surface area contributed by atoms with Crippen molar-refractivity contribution in [2.24, 2.45) is 0 Å². The van der Waals surface area contributed by atoms with Gasteiger partial charge in [-0.05, 0) is 25.1 Å². The van der Waals surface area contributed by atoms with Crippen LogP contribution in [0.4, 0.5) is 0 Å². The fourth-order valence-electron chi connectivity index (χ4n) is 3.17. The SMILES string of the molecule is Cc1onc(-c2ccc(Cl)cc2)c1C(=O)NC1CCOc2ccccc21. The van der Waals surface area contributed by atoms with Gasteiger partial charge in [-0.25, -0.2) is 0 Å². The molecule has 0 bridgehead atoms. The second-order valence-corrected chi connectivity index (χ2v) is 6.61. The Kier molecular flexibility index (Phi) is 4.39. The van der Waals surface area contributed by atoms with Crippen LogP contribution in [0.25, 0.3) is 11.3 Å². The molecule has 5 nitrogen and oxygen atoms in total. The second-order valence-electron chi connectivity index (χ2n) is 6.17. The first-order valence-electron chi connectivity index (χ1n) is 8.38. The Hall–Kier alpha value is -2.79. The highest BCUT2D eigenvalue weighted by Gasteiger charge is 2.27. The number of benzene rings is 2. The normalized spacial score (nSPS) is 15.8. The van der Waals surface area contributed by atoms with Gasteiger partial charge in [0.1, 0.15) is 22.8 Å². The maximum absolute atomic E-state index is 13.0. The van der Waals surface area contributed by atoms with E-state index in [1.807, 2.05) is 36.4 Å². The van der Waals surface area contributed by atoms with E-state index >= 15 is 0 Å². The molecule has 2 heterocycles. The maximum Gasteiger partial charge on any atom is 0.257 e. The highest BCUT2D eigenvalue weighted by molar-refractivity contribution is 6.30. The van der Waals surface area contributed by atoms with Crippen molar-refractivity contribution in [1.82, 2.24) is 10.5 Å². The Bertz CT molecular complexity index is 950. The van der Waals surface area contributed by atoms with Crippen molar-refractivity contribution in [1.29, 1.82) is 0 Å². The van der Waals surface area contributed by atoms with Crippen molar-refractivity contribution >= 4 is 17.5 Å². The fraction of sp³-hybridized carbons (Fsp3) is 0.200. The minimum Gasteiger partial charge on any atom is -0.493 e. The van der Waals surface area contributed by atoms with Gasteiger partial charge >= 0.3 is 0 Å². The number of aromatic nitrogens is 1. The first-order valence-corrected chi connectivity index (χ1v) is 8.76. The Morgan fingerprint density at radius 2 is 1.96 bits per heavy atom. The standard InChI is InChI=1S/C20H17ClN2O3/c1-12-18(19(23-26-12)13-6-8-14(21)9-7-13)20(24)22-16-10-11-25-17-5-3-2-4-15(16)17/h2-9,16H,10-11H2,1H3,(H,22,24). The zero-order valence-electron chi connectivity index (χ0n) is 14.2. The number of ether oxygens (including phenoxy) is 1. The molecule has 0 spiro atoms. The van der Waals surface area contributed by atoms with Crippen LogP contribution in [0.3, 0.4) is 0 Å². The van der Waals surface area contributed by atoms with Gasteiger partial charge < -0.3 is 14.6 Å². The Morgan fingerprint density at radius 3 is 2.77 bits per heavy atom. The summed E-state index contributed by atoms with van der Waals surface area (Å²) in [6.07, 6.45) is 0.712. The predicted octanol–water partition coefficient (Wildman–Crippen LogP) is 4.56. The van der Waals surface area contributed by atoms with E-state index in [0.717, 1.165) is 16.9 Å². The van der Waals surface area contributed by atoms with Crippen LogP contribution < -0.4 is 10.1 Å². The number of nitrogens with one attached hydrogen (secondary N) is 1. The summed E-state index contributed by atoms with van der Waals surface area (Å²) >= 11 is 5.95. The van der Waals surface area contributed by atoms with Crippen molar-refractivity contribution in [3.8, 4) is 17.0 Å². The van der Waals surface area contributed by atoms with Crippen molar-refractivity contribution in [3.63, 3.8) is 0 Å². The summed E-state index contributed by atoms with van der Waals surface area (Å²) in [7, 11) is 0. The highest BCUT2D eigenvalue weighted by atomic mass is 35.5. The molecule has 1 aromatic heterocycles. The number of hydrogen-bond acceptors (Lipinski definition) is 4. The first kappa shape index (κ1) is 16.7. The number of carbonyl (C=O) groups excluding carboxylic acids is 1. The van der Waals surface area contributed by atoms with Crippen molar-refractivity contribution in [2.75, 3.05) is 6.61 Å². The lowest BCUT2D eigenvalue weighted by atomic mass is 9.99. The largest absolute Gasteiger partial charge is 0.493 e. The molecule has 2 aromatic carbocycles. The Balaban J connectivity index is 1.64. The molecule has 1 atom stereocenters. The zero-order chi connectivity index (χ0) is 18.1. The molecule has 0 saturated carbocycles. The molecule has 26 heavy (non-hydrogen) atoms. The average molecular weight is 369 g/mol. The summed E-state index contributed by atoms with van der Waals surface area (Å²) in [5.41, 5.74) is 2.71. The van der Waals surface area contributed by atoms with E-state index in [2.05, 4.69) is 10.5 Å². The number of hydrogen-bond donors (Lipinski definition) is 1. The van der Waals surface area contributed by atoms with E-state index in [1.54, 1.807) is 19.1 Å². The molecule has 3 aromatic rings.